The number of urea groups is 1. The summed E-state index contributed by atoms with van der Waals surface area (Å²) in [4.78, 5) is 34.3. The number of amides is 3. The minimum atomic E-state index is -0.833. The number of allylic oxidation sites excluding steroid dienone is 1. The lowest BCUT2D eigenvalue weighted by Gasteiger charge is -2.39. The van der Waals surface area contributed by atoms with Crippen molar-refractivity contribution in [2.24, 2.45) is 10.7 Å². The van der Waals surface area contributed by atoms with Gasteiger partial charge in [-0.25, -0.2) is 4.79 Å². The van der Waals surface area contributed by atoms with Gasteiger partial charge in [-0.2, -0.15) is 0 Å². The highest BCUT2D eigenvalue weighted by molar-refractivity contribution is 6.33. The second-order valence-corrected chi connectivity index (χ2v) is 7.99. The number of benzene rings is 1. The van der Waals surface area contributed by atoms with Crippen molar-refractivity contribution in [2.75, 3.05) is 25.0 Å². The van der Waals surface area contributed by atoms with E-state index in [1.54, 1.807) is 25.7 Å². The molecule has 2 aliphatic rings. The van der Waals surface area contributed by atoms with Crippen LogP contribution in [0.15, 0.2) is 47.9 Å². The predicted octanol–water partition coefficient (Wildman–Crippen LogP) is 2.58. The van der Waals surface area contributed by atoms with Crippen LogP contribution in [0.2, 0.25) is 5.02 Å². The Labute approximate surface area is 185 Å². The summed E-state index contributed by atoms with van der Waals surface area (Å²) in [6.45, 7) is 1.16. The molecule has 160 valence electrons. The number of nitrogens with two attached hydrogens (primary N) is 1. The average molecular weight is 439 g/mol. The first-order valence-electron chi connectivity index (χ1n) is 9.94. The van der Waals surface area contributed by atoms with Crippen LogP contribution in [0, 0.1) is 0 Å². The first-order chi connectivity index (χ1) is 15.0. The van der Waals surface area contributed by atoms with Crippen molar-refractivity contribution in [1.82, 2.24) is 15.6 Å². The molecule has 0 atom stereocenters. The van der Waals surface area contributed by atoms with E-state index in [0.29, 0.717) is 31.0 Å². The summed E-state index contributed by atoms with van der Waals surface area (Å²) in [5, 5.41) is 5.67. The molecule has 0 aliphatic carbocycles. The summed E-state index contributed by atoms with van der Waals surface area (Å²) in [5.41, 5.74) is 9.39. The molecular formula is C22H23ClN6O2. The fraction of sp³-hybridized carbons (Fsp3) is 0.273. The Morgan fingerprint density at radius 2 is 1.94 bits per heavy atom. The van der Waals surface area contributed by atoms with Gasteiger partial charge in [0.15, 0.2) is 0 Å². The highest BCUT2D eigenvalue weighted by Gasteiger charge is 2.48. The third-order valence-electron chi connectivity index (χ3n) is 5.80. The minimum Gasteiger partial charge on any atom is -0.404 e. The monoisotopic (exact) mass is 438 g/mol. The number of nitrogens with zero attached hydrogens (tertiary/aromatic N) is 3. The number of carbonyl (C=O) groups excluding carboxylic acids is 2. The van der Waals surface area contributed by atoms with Crippen molar-refractivity contribution in [2.45, 2.75) is 18.4 Å². The fourth-order valence-corrected chi connectivity index (χ4v) is 4.43. The molecule has 0 bridgehead atoms. The zero-order chi connectivity index (χ0) is 22.0. The molecule has 2 fully saturated rings. The maximum Gasteiger partial charge on any atom is 0.322 e. The molecule has 1 spiro atoms. The second-order valence-electron chi connectivity index (χ2n) is 7.58. The Kier molecular flexibility index (Phi) is 5.65. The zero-order valence-electron chi connectivity index (χ0n) is 17.1. The summed E-state index contributed by atoms with van der Waals surface area (Å²) in [5.74, 6) is -0.256. The number of carbonyl (C=O) groups is 2. The van der Waals surface area contributed by atoms with Crippen molar-refractivity contribution < 1.29 is 9.59 Å². The standard InChI is InChI=1S/C22H23ClN6O2/c1-25-11-16(10-24)14-2-4-15(5-3-14)17-12-26-13-18(23)19(17)29-8-6-22(7-9-29)20(30)27-21(31)28-22/h2-5,10-13H,6-9,24H2,1H3,(H2,27,28,30,31). The number of halogens is 1. The van der Waals surface area contributed by atoms with Gasteiger partial charge in [0.2, 0.25) is 0 Å². The van der Waals surface area contributed by atoms with E-state index in [2.05, 4.69) is 25.5 Å². The maximum atomic E-state index is 12.2. The molecular weight excluding hydrogens is 416 g/mol. The number of piperidine rings is 1. The van der Waals surface area contributed by atoms with Gasteiger partial charge < -0.3 is 16.0 Å². The maximum absolute atomic E-state index is 12.2. The van der Waals surface area contributed by atoms with E-state index in [-0.39, 0.29) is 5.91 Å². The number of anilines is 1. The predicted molar refractivity (Wildman–Crippen MR) is 122 cm³/mol. The number of pyridine rings is 1. The van der Waals surface area contributed by atoms with Crippen LogP contribution in [0.25, 0.3) is 16.7 Å². The second kappa shape index (κ2) is 8.39. The molecule has 4 N–H and O–H groups in total. The van der Waals surface area contributed by atoms with Gasteiger partial charge in [0, 0.05) is 56.1 Å². The van der Waals surface area contributed by atoms with E-state index >= 15 is 0 Å². The molecule has 3 amide bonds. The van der Waals surface area contributed by atoms with Gasteiger partial charge in [-0.3, -0.25) is 20.1 Å². The molecule has 2 aliphatic heterocycles. The zero-order valence-corrected chi connectivity index (χ0v) is 17.8. The highest BCUT2D eigenvalue weighted by atomic mass is 35.5. The Morgan fingerprint density at radius 3 is 2.52 bits per heavy atom. The molecule has 2 aromatic rings. The van der Waals surface area contributed by atoms with Crippen molar-refractivity contribution in [1.29, 1.82) is 0 Å². The van der Waals surface area contributed by atoms with E-state index in [1.807, 2.05) is 24.3 Å². The summed E-state index contributed by atoms with van der Waals surface area (Å²) in [7, 11) is 1.70. The number of nitrogens with one attached hydrogen (secondary N) is 2. The normalized spacial score (nSPS) is 18.5. The van der Waals surface area contributed by atoms with Crippen LogP contribution in [-0.4, -0.2) is 48.8 Å². The summed E-state index contributed by atoms with van der Waals surface area (Å²) < 4.78 is 0. The van der Waals surface area contributed by atoms with Crippen molar-refractivity contribution in [3.8, 4) is 11.1 Å². The summed E-state index contributed by atoms with van der Waals surface area (Å²) >= 11 is 6.56. The third-order valence-corrected chi connectivity index (χ3v) is 6.07. The van der Waals surface area contributed by atoms with Gasteiger partial charge >= 0.3 is 6.03 Å². The van der Waals surface area contributed by atoms with E-state index in [0.717, 1.165) is 28.0 Å². The molecule has 8 nitrogen and oxygen atoms in total. The van der Waals surface area contributed by atoms with Crippen LogP contribution >= 0.6 is 11.6 Å². The fourth-order valence-electron chi connectivity index (χ4n) is 4.15. The van der Waals surface area contributed by atoms with E-state index in [1.165, 1.54) is 6.20 Å². The first kappa shape index (κ1) is 20.9. The van der Waals surface area contributed by atoms with Crippen LogP contribution < -0.4 is 21.3 Å². The van der Waals surface area contributed by atoms with Crippen molar-refractivity contribution in [3.63, 3.8) is 0 Å². The van der Waals surface area contributed by atoms with Crippen LogP contribution in [0.5, 0.6) is 0 Å². The molecule has 1 aromatic carbocycles. The molecule has 0 unspecified atom stereocenters. The Balaban J connectivity index is 1.62. The molecule has 0 saturated carbocycles. The lowest BCUT2D eigenvalue weighted by molar-refractivity contribution is -0.124. The topological polar surface area (TPSA) is 113 Å². The first-order valence-corrected chi connectivity index (χ1v) is 10.3. The largest absolute Gasteiger partial charge is 0.404 e. The quantitative estimate of drug-likeness (QED) is 0.501. The number of rotatable bonds is 4. The lowest BCUT2D eigenvalue weighted by Crippen LogP contribution is -2.55. The van der Waals surface area contributed by atoms with E-state index in [9.17, 15) is 9.59 Å². The summed E-state index contributed by atoms with van der Waals surface area (Å²) in [6.07, 6.45) is 7.65. The molecule has 4 rings (SSSR count). The van der Waals surface area contributed by atoms with Gasteiger partial charge in [0.25, 0.3) is 5.91 Å². The Bertz CT molecular complexity index is 1070. The number of hydrogen-bond donors (Lipinski definition) is 3. The van der Waals surface area contributed by atoms with E-state index < -0.39 is 11.6 Å². The number of hydrogen-bond acceptors (Lipinski definition) is 6. The molecule has 9 heteroatoms. The molecule has 1 aromatic heterocycles. The van der Waals surface area contributed by atoms with Crippen LogP contribution in [0.3, 0.4) is 0 Å². The lowest BCUT2D eigenvalue weighted by atomic mass is 9.87. The highest BCUT2D eigenvalue weighted by Crippen LogP contribution is 2.39. The van der Waals surface area contributed by atoms with E-state index in [4.69, 9.17) is 17.3 Å². The number of imide groups is 1. The summed E-state index contributed by atoms with van der Waals surface area (Å²) in [6, 6.07) is 7.51. The minimum absolute atomic E-state index is 0.256. The van der Waals surface area contributed by atoms with Crippen LogP contribution in [-0.2, 0) is 4.79 Å². The molecule has 0 radical (unpaired) electrons. The van der Waals surface area contributed by atoms with Gasteiger partial charge in [-0.05, 0) is 24.0 Å². The molecule has 2 saturated heterocycles. The number of aliphatic imine (C=N–C) groups is 1. The average Bonchev–Trinajstić information content (AvgIpc) is 3.05. The van der Waals surface area contributed by atoms with Crippen molar-refractivity contribution >= 4 is 41.0 Å². The SMILES string of the molecule is CN=CC(=CN)c1ccc(-c2cncc(Cl)c2N2CCC3(CC2)NC(=O)NC3=O)cc1. The Morgan fingerprint density at radius 1 is 1.23 bits per heavy atom. The van der Waals surface area contributed by atoms with Gasteiger partial charge in [-0.15, -0.1) is 0 Å². The molecule has 3 heterocycles. The van der Waals surface area contributed by atoms with Gasteiger partial charge in [-0.1, -0.05) is 35.9 Å². The smallest absolute Gasteiger partial charge is 0.322 e. The van der Waals surface area contributed by atoms with Gasteiger partial charge in [0.1, 0.15) is 5.54 Å². The third kappa shape index (κ3) is 3.86. The number of aromatic nitrogens is 1. The Hall–Kier alpha value is -3.39. The van der Waals surface area contributed by atoms with Gasteiger partial charge in [0.05, 0.1) is 10.7 Å². The van der Waals surface area contributed by atoms with Crippen molar-refractivity contribution in [3.05, 3.63) is 53.4 Å². The van der Waals surface area contributed by atoms with Crippen LogP contribution in [0.1, 0.15) is 18.4 Å². The van der Waals surface area contributed by atoms with Crippen LogP contribution in [0.4, 0.5) is 10.5 Å². The molecule has 31 heavy (non-hydrogen) atoms.